The number of furan rings is 1. The van der Waals surface area contributed by atoms with Crippen molar-refractivity contribution >= 4 is 35.5 Å². The summed E-state index contributed by atoms with van der Waals surface area (Å²) in [5, 5.41) is 5.11. The number of allylic oxidation sites excluding steroid dienone is 1. The number of anilines is 1. The van der Waals surface area contributed by atoms with Gasteiger partial charge in [-0.05, 0) is 75.1 Å². The lowest BCUT2D eigenvalue weighted by Gasteiger charge is -2.32. The van der Waals surface area contributed by atoms with E-state index in [1.54, 1.807) is 36.1 Å². The zero-order valence-electron chi connectivity index (χ0n) is 22.2. The van der Waals surface area contributed by atoms with E-state index in [-0.39, 0.29) is 29.6 Å². The number of aryl methyl sites for hydroxylation is 2. The van der Waals surface area contributed by atoms with Crippen molar-refractivity contribution in [3.05, 3.63) is 69.8 Å². The summed E-state index contributed by atoms with van der Waals surface area (Å²) < 4.78 is 10.8. The zero-order chi connectivity index (χ0) is 27.4. The van der Waals surface area contributed by atoms with Gasteiger partial charge in [0.05, 0.1) is 24.8 Å². The standard InChI is InChI=1S/C29H33N3O6/c1-17-10-11-20(14-18(17)2)31-27(34)26(33)30-16-23-13-12-22(38-23)15-24-25(29(36)37-4)19(3)32(28(24)35)21-8-6-5-7-9-21/h10-15,21H,5-9,16H2,1-4H3,(H,30,33)(H,31,34)/b24-15+. The van der Waals surface area contributed by atoms with Crippen LogP contribution < -0.4 is 10.6 Å². The van der Waals surface area contributed by atoms with Crippen LogP contribution in [-0.4, -0.2) is 41.7 Å². The molecule has 1 aromatic carbocycles. The van der Waals surface area contributed by atoms with Crippen LogP contribution in [0, 0.1) is 13.8 Å². The molecule has 0 radical (unpaired) electrons. The van der Waals surface area contributed by atoms with Crippen LogP contribution in [0.5, 0.6) is 0 Å². The predicted molar refractivity (Wildman–Crippen MR) is 142 cm³/mol. The van der Waals surface area contributed by atoms with Gasteiger partial charge in [-0.2, -0.15) is 0 Å². The highest BCUT2D eigenvalue weighted by Gasteiger charge is 2.40. The Morgan fingerprint density at radius 1 is 1.03 bits per heavy atom. The zero-order valence-corrected chi connectivity index (χ0v) is 22.2. The summed E-state index contributed by atoms with van der Waals surface area (Å²) in [6.07, 6.45) is 6.55. The van der Waals surface area contributed by atoms with Crippen molar-refractivity contribution in [2.45, 2.75) is 65.5 Å². The number of nitrogens with one attached hydrogen (secondary N) is 2. The van der Waals surface area contributed by atoms with Crippen LogP contribution in [0.15, 0.2) is 51.6 Å². The van der Waals surface area contributed by atoms with Gasteiger partial charge in [0.2, 0.25) is 0 Å². The second-order valence-electron chi connectivity index (χ2n) is 9.72. The number of ether oxygens (including phenoxy) is 1. The van der Waals surface area contributed by atoms with Gasteiger partial charge in [0, 0.05) is 17.4 Å². The third-order valence-corrected chi connectivity index (χ3v) is 7.13. The first-order valence-corrected chi connectivity index (χ1v) is 12.8. The number of amides is 3. The van der Waals surface area contributed by atoms with Gasteiger partial charge < -0.3 is 24.7 Å². The normalized spacial score (nSPS) is 17.2. The highest BCUT2D eigenvalue weighted by molar-refractivity contribution is 6.39. The summed E-state index contributed by atoms with van der Waals surface area (Å²) in [7, 11) is 1.29. The van der Waals surface area contributed by atoms with Crippen molar-refractivity contribution < 1.29 is 28.3 Å². The molecule has 9 heteroatoms. The van der Waals surface area contributed by atoms with Crippen LogP contribution >= 0.6 is 0 Å². The number of methoxy groups -OCH3 is 1. The average Bonchev–Trinajstić information content (AvgIpc) is 3.46. The van der Waals surface area contributed by atoms with E-state index in [1.807, 2.05) is 19.9 Å². The number of benzene rings is 1. The summed E-state index contributed by atoms with van der Waals surface area (Å²) >= 11 is 0. The molecule has 0 unspecified atom stereocenters. The molecule has 2 heterocycles. The molecule has 1 aromatic heterocycles. The van der Waals surface area contributed by atoms with Crippen molar-refractivity contribution in [1.29, 1.82) is 0 Å². The van der Waals surface area contributed by atoms with Crippen LogP contribution in [0.2, 0.25) is 0 Å². The first kappa shape index (κ1) is 26.9. The molecule has 0 saturated heterocycles. The summed E-state index contributed by atoms with van der Waals surface area (Å²) in [6, 6.07) is 8.74. The number of hydrogen-bond acceptors (Lipinski definition) is 6. The Kier molecular flexibility index (Phi) is 8.14. The van der Waals surface area contributed by atoms with Gasteiger partial charge in [-0.25, -0.2) is 4.79 Å². The largest absolute Gasteiger partial charge is 0.465 e. The fourth-order valence-corrected chi connectivity index (χ4v) is 4.94. The Morgan fingerprint density at radius 3 is 2.45 bits per heavy atom. The molecule has 0 bridgehead atoms. The first-order valence-electron chi connectivity index (χ1n) is 12.8. The Bertz CT molecular complexity index is 1330. The average molecular weight is 520 g/mol. The van der Waals surface area contributed by atoms with E-state index < -0.39 is 17.8 Å². The molecular weight excluding hydrogens is 486 g/mol. The molecule has 3 amide bonds. The topological polar surface area (TPSA) is 118 Å². The first-order chi connectivity index (χ1) is 18.2. The highest BCUT2D eigenvalue weighted by Crippen LogP contribution is 2.37. The number of esters is 1. The number of rotatable bonds is 6. The molecule has 1 fully saturated rings. The molecule has 1 aliphatic heterocycles. The second-order valence-corrected chi connectivity index (χ2v) is 9.72. The van der Waals surface area contributed by atoms with E-state index in [0.717, 1.165) is 43.2 Å². The third kappa shape index (κ3) is 5.72. The van der Waals surface area contributed by atoms with Crippen molar-refractivity contribution in [3.8, 4) is 0 Å². The maximum Gasteiger partial charge on any atom is 0.340 e. The van der Waals surface area contributed by atoms with E-state index in [9.17, 15) is 19.2 Å². The highest BCUT2D eigenvalue weighted by atomic mass is 16.5. The fourth-order valence-electron chi connectivity index (χ4n) is 4.94. The van der Waals surface area contributed by atoms with Crippen LogP contribution in [0.1, 0.15) is 61.7 Å². The lowest BCUT2D eigenvalue weighted by molar-refractivity contribution is -0.136. The van der Waals surface area contributed by atoms with Crippen molar-refractivity contribution in [2.24, 2.45) is 0 Å². The SMILES string of the molecule is COC(=O)C1=C(C)N(C2CCCCC2)C(=O)/C1=C/c1ccc(CNC(=O)C(=O)Nc2ccc(C)c(C)c2)o1. The summed E-state index contributed by atoms with van der Waals surface area (Å²) in [4.78, 5) is 52.3. The Labute approximate surface area is 221 Å². The third-order valence-electron chi connectivity index (χ3n) is 7.13. The molecule has 2 aliphatic rings. The quantitative estimate of drug-likeness (QED) is 0.336. The minimum atomic E-state index is -0.805. The van der Waals surface area contributed by atoms with Crippen molar-refractivity contribution in [1.82, 2.24) is 10.2 Å². The monoisotopic (exact) mass is 519 g/mol. The molecule has 200 valence electrons. The van der Waals surface area contributed by atoms with Gasteiger partial charge in [0.15, 0.2) is 0 Å². The smallest absolute Gasteiger partial charge is 0.340 e. The maximum atomic E-state index is 13.4. The van der Waals surface area contributed by atoms with Crippen molar-refractivity contribution in [3.63, 3.8) is 0 Å². The van der Waals surface area contributed by atoms with Gasteiger partial charge >= 0.3 is 17.8 Å². The number of nitrogens with zero attached hydrogens (tertiary/aromatic N) is 1. The van der Waals surface area contributed by atoms with E-state index in [2.05, 4.69) is 10.6 Å². The minimum Gasteiger partial charge on any atom is -0.465 e. The molecule has 4 rings (SSSR count). The minimum absolute atomic E-state index is 0.0246. The predicted octanol–water partition coefficient (Wildman–Crippen LogP) is 4.16. The summed E-state index contributed by atoms with van der Waals surface area (Å²) in [5.74, 6) is -1.68. The molecule has 2 N–H and O–H groups in total. The Hall–Kier alpha value is -4.14. The lowest BCUT2D eigenvalue weighted by atomic mass is 9.94. The second kappa shape index (κ2) is 11.5. The maximum absolute atomic E-state index is 13.4. The lowest BCUT2D eigenvalue weighted by Crippen LogP contribution is -2.37. The van der Waals surface area contributed by atoms with Gasteiger partial charge in [-0.3, -0.25) is 14.4 Å². The molecule has 0 atom stereocenters. The number of carbonyl (C=O) groups is 4. The van der Waals surface area contributed by atoms with Gasteiger partial charge in [-0.15, -0.1) is 0 Å². The molecular formula is C29H33N3O6. The number of carbonyl (C=O) groups excluding carboxylic acids is 4. The van der Waals surface area contributed by atoms with Gasteiger partial charge in [0.1, 0.15) is 11.5 Å². The molecule has 9 nitrogen and oxygen atoms in total. The molecule has 0 spiro atoms. The molecule has 38 heavy (non-hydrogen) atoms. The Balaban J connectivity index is 1.44. The molecule has 1 aliphatic carbocycles. The van der Waals surface area contributed by atoms with Gasteiger partial charge in [-0.1, -0.05) is 25.3 Å². The molecule has 1 saturated carbocycles. The Morgan fingerprint density at radius 2 is 1.76 bits per heavy atom. The van der Waals surface area contributed by atoms with Crippen LogP contribution in [0.25, 0.3) is 6.08 Å². The van der Waals surface area contributed by atoms with E-state index in [0.29, 0.717) is 22.9 Å². The summed E-state index contributed by atoms with van der Waals surface area (Å²) in [6.45, 7) is 5.63. The van der Waals surface area contributed by atoms with Crippen LogP contribution in [0.3, 0.4) is 0 Å². The van der Waals surface area contributed by atoms with E-state index in [1.165, 1.54) is 13.2 Å². The van der Waals surface area contributed by atoms with Gasteiger partial charge in [0.25, 0.3) is 5.91 Å². The van der Waals surface area contributed by atoms with E-state index >= 15 is 0 Å². The summed E-state index contributed by atoms with van der Waals surface area (Å²) in [5.41, 5.74) is 3.67. The van der Waals surface area contributed by atoms with E-state index in [4.69, 9.17) is 9.15 Å². The van der Waals surface area contributed by atoms with Crippen molar-refractivity contribution in [2.75, 3.05) is 12.4 Å². The number of hydrogen-bond donors (Lipinski definition) is 2. The van der Waals surface area contributed by atoms with Crippen LogP contribution in [-0.2, 0) is 30.5 Å². The molecule has 2 aromatic rings. The fraction of sp³-hybridized carbons (Fsp3) is 0.379. The van der Waals surface area contributed by atoms with Crippen LogP contribution in [0.4, 0.5) is 5.69 Å².